The Kier molecular flexibility index (Phi) is 9.95. The van der Waals surface area contributed by atoms with Crippen molar-refractivity contribution in [3.05, 3.63) is 65.2 Å². The fourth-order valence-corrected chi connectivity index (χ4v) is 4.18. The van der Waals surface area contributed by atoms with E-state index in [1.165, 1.54) is 11.1 Å². The molecule has 0 saturated heterocycles. The van der Waals surface area contributed by atoms with E-state index in [-0.39, 0.29) is 25.6 Å². The number of imidazole rings is 1. The van der Waals surface area contributed by atoms with E-state index in [1.807, 2.05) is 10.8 Å². The molecule has 200 valence electrons. The largest absolute Gasteiger partial charge is 0.466 e. The molecule has 0 bridgehead atoms. The number of nitrogens with one attached hydrogen (secondary N) is 2. The quantitative estimate of drug-likeness (QED) is 0.266. The van der Waals surface area contributed by atoms with E-state index in [0.29, 0.717) is 22.1 Å². The van der Waals surface area contributed by atoms with Gasteiger partial charge in [-0.25, -0.2) is 14.8 Å². The van der Waals surface area contributed by atoms with Crippen LogP contribution in [-0.4, -0.2) is 52.1 Å². The van der Waals surface area contributed by atoms with Crippen molar-refractivity contribution in [2.45, 2.75) is 40.3 Å². The first kappa shape index (κ1) is 28.3. The lowest BCUT2D eigenvalue weighted by molar-refractivity contribution is -0.153. The smallest absolute Gasteiger partial charge is 0.324 e. The minimum absolute atomic E-state index is 0.0458. The van der Waals surface area contributed by atoms with Crippen molar-refractivity contribution in [1.29, 1.82) is 5.26 Å². The van der Waals surface area contributed by atoms with Gasteiger partial charge in [-0.1, -0.05) is 23.5 Å². The molecule has 0 radical (unpaired) electrons. The SMILES string of the molecule is CCOC(=O)C(C)(C)CNC(=O)N(Cc1ccc(C#N)cc1)c1ncc(C(=O)NCCCn2ccnc2)s1. The Bertz CT molecular complexity index is 1260. The van der Waals surface area contributed by atoms with Gasteiger partial charge in [0.2, 0.25) is 0 Å². The number of rotatable bonds is 12. The number of nitriles is 1. The van der Waals surface area contributed by atoms with Gasteiger partial charge in [-0.2, -0.15) is 5.26 Å². The van der Waals surface area contributed by atoms with Crippen LogP contribution in [0.25, 0.3) is 0 Å². The summed E-state index contributed by atoms with van der Waals surface area (Å²) in [5.74, 6) is -0.693. The molecule has 0 atom stereocenters. The maximum absolute atomic E-state index is 13.3. The summed E-state index contributed by atoms with van der Waals surface area (Å²) in [4.78, 5) is 48.3. The molecule has 38 heavy (non-hydrogen) atoms. The Morgan fingerprint density at radius 2 is 1.97 bits per heavy atom. The van der Waals surface area contributed by atoms with Crippen LogP contribution in [0, 0.1) is 16.7 Å². The summed E-state index contributed by atoms with van der Waals surface area (Å²) in [7, 11) is 0. The van der Waals surface area contributed by atoms with Crippen LogP contribution in [0.15, 0.2) is 49.2 Å². The highest BCUT2D eigenvalue weighted by Gasteiger charge is 2.31. The molecule has 3 aromatic rings. The van der Waals surface area contributed by atoms with Crippen molar-refractivity contribution in [3.63, 3.8) is 0 Å². The molecule has 3 rings (SSSR count). The van der Waals surface area contributed by atoms with Gasteiger partial charge in [0, 0.05) is 32.0 Å². The normalized spacial score (nSPS) is 10.9. The summed E-state index contributed by atoms with van der Waals surface area (Å²) >= 11 is 1.09. The highest BCUT2D eigenvalue weighted by Crippen LogP contribution is 2.25. The van der Waals surface area contributed by atoms with Crippen LogP contribution < -0.4 is 15.5 Å². The molecule has 2 N–H and O–H groups in total. The number of anilines is 1. The van der Waals surface area contributed by atoms with E-state index in [1.54, 1.807) is 57.6 Å². The van der Waals surface area contributed by atoms with Gasteiger partial charge >= 0.3 is 12.0 Å². The van der Waals surface area contributed by atoms with E-state index in [4.69, 9.17) is 10.00 Å². The number of aryl methyl sites for hydroxylation is 1. The molecule has 1 aromatic carbocycles. The number of carbonyl (C=O) groups excluding carboxylic acids is 3. The minimum Gasteiger partial charge on any atom is -0.466 e. The lowest BCUT2D eigenvalue weighted by Crippen LogP contribution is -2.46. The molecular weight excluding hydrogens is 506 g/mol. The summed E-state index contributed by atoms with van der Waals surface area (Å²) in [6.45, 7) is 6.75. The molecule has 2 heterocycles. The molecule has 0 aliphatic carbocycles. The maximum Gasteiger partial charge on any atom is 0.324 e. The molecule has 0 saturated carbocycles. The molecule has 11 nitrogen and oxygen atoms in total. The zero-order valence-electron chi connectivity index (χ0n) is 21.6. The molecule has 0 fully saturated rings. The second-order valence-electron chi connectivity index (χ2n) is 9.07. The number of benzene rings is 1. The molecule has 0 unspecified atom stereocenters. The predicted molar refractivity (Wildman–Crippen MR) is 142 cm³/mol. The van der Waals surface area contributed by atoms with Gasteiger partial charge in [-0.15, -0.1) is 0 Å². The standard InChI is InChI=1S/C26H31N7O4S/c1-4-37-23(35)26(2,3)17-31-24(36)33(16-20-8-6-19(14-27)7-9-20)25-30-15-21(38-25)22(34)29-10-5-12-32-13-11-28-18-32/h6-9,11,13,15,18H,4-5,10,12,16-17H2,1-3H3,(H,29,34)(H,31,36). The van der Waals surface area contributed by atoms with Gasteiger partial charge in [0.25, 0.3) is 5.91 Å². The molecule has 2 aromatic heterocycles. The Morgan fingerprint density at radius 3 is 2.63 bits per heavy atom. The third-order valence-corrected chi connectivity index (χ3v) is 6.58. The average molecular weight is 538 g/mol. The van der Waals surface area contributed by atoms with Gasteiger partial charge in [0.1, 0.15) is 4.88 Å². The van der Waals surface area contributed by atoms with Crippen molar-refractivity contribution in [3.8, 4) is 6.07 Å². The van der Waals surface area contributed by atoms with Crippen molar-refractivity contribution in [1.82, 2.24) is 25.2 Å². The van der Waals surface area contributed by atoms with Gasteiger partial charge in [-0.05, 0) is 44.9 Å². The summed E-state index contributed by atoms with van der Waals surface area (Å²) in [5.41, 5.74) is 0.336. The van der Waals surface area contributed by atoms with Crippen molar-refractivity contribution in [2.24, 2.45) is 5.41 Å². The number of esters is 1. The first-order chi connectivity index (χ1) is 18.2. The number of carbonyl (C=O) groups is 3. The summed E-state index contributed by atoms with van der Waals surface area (Å²) in [5, 5.41) is 15.1. The third kappa shape index (κ3) is 7.88. The topological polar surface area (TPSA) is 142 Å². The third-order valence-electron chi connectivity index (χ3n) is 5.56. The van der Waals surface area contributed by atoms with E-state index in [0.717, 1.165) is 29.9 Å². The van der Waals surface area contributed by atoms with Crippen LogP contribution in [0.1, 0.15) is 48.0 Å². The molecule has 0 aliphatic rings. The summed E-state index contributed by atoms with van der Waals surface area (Å²) in [6, 6.07) is 8.43. The van der Waals surface area contributed by atoms with Gasteiger partial charge in [-0.3, -0.25) is 14.5 Å². The van der Waals surface area contributed by atoms with Crippen LogP contribution in [0.2, 0.25) is 0 Å². The number of thiazole rings is 1. The Hall–Kier alpha value is -4.24. The Labute approximate surface area is 225 Å². The van der Waals surface area contributed by atoms with E-state index in [2.05, 4.69) is 26.7 Å². The predicted octanol–water partition coefficient (Wildman–Crippen LogP) is 3.34. The van der Waals surface area contributed by atoms with Crippen molar-refractivity contribution < 1.29 is 19.1 Å². The highest BCUT2D eigenvalue weighted by atomic mass is 32.1. The molecule has 12 heteroatoms. The molecule has 0 spiro atoms. The highest BCUT2D eigenvalue weighted by molar-refractivity contribution is 7.17. The Morgan fingerprint density at radius 1 is 1.21 bits per heavy atom. The second-order valence-corrected chi connectivity index (χ2v) is 10.1. The van der Waals surface area contributed by atoms with E-state index in [9.17, 15) is 14.4 Å². The van der Waals surface area contributed by atoms with E-state index >= 15 is 0 Å². The average Bonchev–Trinajstić information content (AvgIpc) is 3.61. The number of urea groups is 1. The lowest BCUT2D eigenvalue weighted by Gasteiger charge is -2.26. The fraction of sp³-hybridized carbons (Fsp3) is 0.385. The number of amides is 3. The van der Waals surface area contributed by atoms with Crippen LogP contribution >= 0.6 is 11.3 Å². The first-order valence-electron chi connectivity index (χ1n) is 12.1. The molecule has 0 aliphatic heterocycles. The number of aromatic nitrogens is 3. The first-order valence-corrected chi connectivity index (χ1v) is 13.0. The summed E-state index contributed by atoms with van der Waals surface area (Å²) < 4.78 is 7.03. The van der Waals surface area contributed by atoms with Crippen LogP contribution in [-0.2, 0) is 22.6 Å². The number of hydrogen-bond donors (Lipinski definition) is 2. The lowest BCUT2D eigenvalue weighted by atomic mass is 9.94. The van der Waals surface area contributed by atoms with Crippen LogP contribution in [0.4, 0.5) is 9.93 Å². The maximum atomic E-state index is 13.3. The van der Waals surface area contributed by atoms with Gasteiger partial charge in [0.15, 0.2) is 5.13 Å². The monoisotopic (exact) mass is 537 g/mol. The van der Waals surface area contributed by atoms with Gasteiger partial charge < -0.3 is 19.9 Å². The fourth-order valence-electron chi connectivity index (χ4n) is 3.35. The Balaban J connectivity index is 1.70. The zero-order valence-corrected chi connectivity index (χ0v) is 22.5. The van der Waals surface area contributed by atoms with Crippen LogP contribution in [0.3, 0.4) is 0 Å². The minimum atomic E-state index is -0.934. The summed E-state index contributed by atoms with van der Waals surface area (Å²) in [6.07, 6.45) is 7.45. The van der Waals surface area contributed by atoms with Gasteiger partial charge in [0.05, 0.1) is 42.7 Å². The second kappa shape index (κ2) is 13.3. The van der Waals surface area contributed by atoms with E-state index < -0.39 is 17.4 Å². The molecule has 3 amide bonds. The number of ether oxygens (including phenoxy) is 1. The number of nitrogens with zero attached hydrogens (tertiary/aromatic N) is 5. The molecular formula is C26H31N7O4S. The van der Waals surface area contributed by atoms with Crippen molar-refractivity contribution in [2.75, 3.05) is 24.6 Å². The van der Waals surface area contributed by atoms with Crippen LogP contribution in [0.5, 0.6) is 0 Å². The zero-order chi connectivity index (χ0) is 27.5. The van der Waals surface area contributed by atoms with Crippen molar-refractivity contribution >= 4 is 34.4 Å². The number of hydrogen-bond acceptors (Lipinski definition) is 8.